The van der Waals surface area contributed by atoms with Crippen LogP contribution in [0.25, 0.3) is 0 Å². The van der Waals surface area contributed by atoms with Crippen LogP contribution in [0.15, 0.2) is 48.5 Å². The Hall–Kier alpha value is -3.48. The van der Waals surface area contributed by atoms with Crippen molar-refractivity contribution >= 4 is 11.8 Å². The largest absolute Gasteiger partial charge is 0.335 e. The molecule has 0 atom stereocenters. The second-order valence-electron chi connectivity index (χ2n) is 8.33. The standard InChI is InChI=1S/C25H27FN4O2/c1-17-7-8-22(15-23(17)26)25(32)29-11-9-28(10-12-29)24(31)21-6-4-5-20(14-21)16-30-19(3)13-18(2)27-30/h4-8,13-15H,9-12,16H2,1-3H3. The maximum Gasteiger partial charge on any atom is 0.254 e. The minimum absolute atomic E-state index is 0.0475. The van der Waals surface area contributed by atoms with E-state index in [2.05, 4.69) is 5.10 Å². The molecule has 0 unspecified atom stereocenters. The Morgan fingerprint density at radius 1 is 0.875 bits per heavy atom. The number of aromatic nitrogens is 2. The van der Waals surface area contributed by atoms with Crippen molar-refractivity contribution in [3.8, 4) is 0 Å². The third-order valence-electron chi connectivity index (χ3n) is 5.88. The molecule has 0 N–H and O–H groups in total. The molecule has 32 heavy (non-hydrogen) atoms. The molecule has 3 aromatic rings. The number of nitrogens with zero attached hydrogens (tertiary/aromatic N) is 4. The van der Waals surface area contributed by atoms with Crippen molar-refractivity contribution in [3.63, 3.8) is 0 Å². The predicted molar refractivity (Wildman–Crippen MR) is 120 cm³/mol. The molecule has 0 bridgehead atoms. The molecule has 4 rings (SSSR count). The van der Waals surface area contributed by atoms with Gasteiger partial charge in [-0.2, -0.15) is 5.10 Å². The zero-order valence-corrected chi connectivity index (χ0v) is 18.6. The highest BCUT2D eigenvalue weighted by atomic mass is 19.1. The first-order chi connectivity index (χ1) is 15.3. The molecule has 0 radical (unpaired) electrons. The van der Waals surface area contributed by atoms with Crippen molar-refractivity contribution in [2.75, 3.05) is 26.2 Å². The van der Waals surface area contributed by atoms with E-state index in [9.17, 15) is 14.0 Å². The molecule has 6 nitrogen and oxygen atoms in total. The number of carbonyl (C=O) groups is 2. The predicted octanol–water partition coefficient (Wildman–Crippen LogP) is 3.59. The summed E-state index contributed by atoms with van der Waals surface area (Å²) in [5.41, 5.74) is 4.53. The van der Waals surface area contributed by atoms with E-state index in [0.29, 0.717) is 49.4 Å². The minimum Gasteiger partial charge on any atom is -0.335 e. The Kier molecular flexibility index (Phi) is 6.08. The Bertz CT molecular complexity index is 1160. The van der Waals surface area contributed by atoms with Gasteiger partial charge in [0.2, 0.25) is 0 Å². The molecule has 7 heteroatoms. The van der Waals surface area contributed by atoms with Crippen LogP contribution in [0.4, 0.5) is 4.39 Å². The quantitative estimate of drug-likeness (QED) is 0.631. The maximum atomic E-state index is 13.8. The van der Waals surface area contributed by atoms with Crippen molar-refractivity contribution in [2.45, 2.75) is 27.3 Å². The van der Waals surface area contributed by atoms with Gasteiger partial charge in [0, 0.05) is 43.0 Å². The lowest BCUT2D eigenvalue weighted by molar-refractivity contribution is 0.0535. The fourth-order valence-corrected chi connectivity index (χ4v) is 4.01. The summed E-state index contributed by atoms with van der Waals surface area (Å²) in [6, 6.07) is 14.2. The lowest BCUT2D eigenvalue weighted by atomic mass is 10.1. The van der Waals surface area contributed by atoms with E-state index in [0.717, 1.165) is 17.0 Å². The van der Waals surface area contributed by atoms with Crippen molar-refractivity contribution in [1.82, 2.24) is 19.6 Å². The van der Waals surface area contributed by atoms with Gasteiger partial charge in [-0.3, -0.25) is 14.3 Å². The summed E-state index contributed by atoms with van der Waals surface area (Å²) in [4.78, 5) is 29.2. The molecule has 0 spiro atoms. The summed E-state index contributed by atoms with van der Waals surface area (Å²) >= 11 is 0. The summed E-state index contributed by atoms with van der Waals surface area (Å²) in [5, 5.41) is 4.49. The monoisotopic (exact) mass is 434 g/mol. The molecule has 1 aliphatic rings. The van der Waals surface area contributed by atoms with E-state index >= 15 is 0 Å². The SMILES string of the molecule is Cc1cc(C)n(Cc2cccc(C(=O)N3CCN(C(=O)c4ccc(C)c(F)c4)CC3)c2)n1. The first-order valence-corrected chi connectivity index (χ1v) is 10.8. The molecule has 1 aliphatic heterocycles. The Balaban J connectivity index is 1.39. The average Bonchev–Trinajstić information content (AvgIpc) is 3.11. The minimum atomic E-state index is -0.384. The third kappa shape index (κ3) is 4.56. The molecular weight excluding hydrogens is 407 g/mol. The van der Waals surface area contributed by atoms with Gasteiger partial charge >= 0.3 is 0 Å². The summed E-state index contributed by atoms with van der Waals surface area (Å²) < 4.78 is 15.8. The van der Waals surface area contributed by atoms with Crippen LogP contribution in [0.1, 0.15) is 43.2 Å². The lowest BCUT2D eigenvalue weighted by Gasteiger charge is -2.35. The summed E-state index contributed by atoms with van der Waals surface area (Å²) in [6.45, 7) is 7.98. The molecule has 1 saturated heterocycles. The average molecular weight is 435 g/mol. The lowest BCUT2D eigenvalue weighted by Crippen LogP contribution is -2.50. The number of rotatable bonds is 4. The highest BCUT2D eigenvalue weighted by Gasteiger charge is 2.26. The van der Waals surface area contributed by atoms with Gasteiger partial charge in [-0.1, -0.05) is 18.2 Å². The van der Waals surface area contributed by atoms with Crippen LogP contribution < -0.4 is 0 Å². The second-order valence-corrected chi connectivity index (χ2v) is 8.33. The molecule has 1 fully saturated rings. The molecule has 166 valence electrons. The van der Waals surface area contributed by atoms with Crippen LogP contribution in [-0.4, -0.2) is 57.6 Å². The van der Waals surface area contributed by atoms with Gasteiger partial charge < -0.3 is 9.80 Å². The zero-order valence-electron chi connectivity index (χ0n) is 18.6. The van der Waals surface area contributed by atoms with E-state index in [-0.39, 0.29) is 17.6 Å². The van der Waals surface area contributed by atoms with Crippen LogP contribution >= 0.6 is 0 Å². The summed E-state index contributed by atoms with van der Waals surface area (Å²) in [7, 11) is 0. The number of aryl methyl sites for hydroxylation is 3. The molecule has 1 aromatic heterocycles. The molecule has 2 aromatic carbocycles. The number of hydrogen-bond acceptors (Lipinski definition) is 3. The maximum absolute atomic E-state index is 13.8. The third-order valence-corrected chi connectivity index (χ3v) is 5.88. The highest BCUT2D eigenvalue weighted by molar-refractivity contribution is 5.96. The number of benzene rings is 2. The van der Waals surface area contributed by atoms with Gasteiger partial charge in [-0.05, 0) is 62.2 Å². The number of piperazine rings is 1. The van der Waals surface area contributed by atoms with E-state index in [4.69, 9.17) is 0 Å². The van der Waals surface area contributed by atoms with Gasteiger partial charge in [0.25, 0.3) is 11.8 Å². The van der Waals surface area contributed by atoms with Crippen molar-refractivity contribution in [2.24, 2.45) is 0 Å². The topological polar surface area (TPSA) is 58.4 Å². The van der Waals surface area contributed by atoms with Crippen LogP contribution in [0.5, 0.6) is 0 Å². The smallest absolute Gasteiger partial charge is 0.254 e. The summed E-state index contributed by atoms with van der Waals surface area (Å²) in [5.74, 6) is -0.637. The van der Waals surface area contributed by atoms with E-state index in [1.807, 2.05) is 48.9 Å². The van der Waals surface area contributed by atoms with Crippen molar-refractivity contribution < 1.29 is 14.0 Å². The first-order valence-electron chi connectivity index (χ1n) is 10.8. The number of hydrogen-bond donors (Lipinski definition) is 0. The zero-order chi connectivity index (χ0) is 22.8. The van der Waals surface area contributed by atoms with Crippen molar-refractivity contribution in [3.05, 3.63) is 88.0 Å². The normalized spacial score (nSPS) is 14.0. The fourth-order valence-electron chi connectivity index (χ4n) is 4.01. The van der Waals surface area contributed by atoms with Crippen LogP contribution in [-0.2, 0) is 6.54 Å². The number of amides is 2. The van der Waals surface area contributed by atoms with Crippen LogP contribution in [0.3, 0.4) is 0 Å². The molecule has 0 aliphatic carbocycles. The molecule has 2 heterocycles. The van der Waals surface area contributed by atoms with Crippen LogP contribution in [0.2, 0.25) is 0 Å². The fraction of sp³-hybridized carbons (Fsp3) is 0.320. The van der Waals surface area contributed by atoms with Crippen LogP contribution in [0, 0.1) is 26.6 Å². The first kappa shape index (κ1) is 21.7. The highest BCUT2D eigenvalue weighted by Crippen LogP contribution is 2.16. The number of halogens is 1. The van der Waals surface area contributed by atoms with Gasteiger partial charge in [0.1, 0.15) is 5.82 Å². The van der Waals surface area contributed by atoms with E-state index < -0.39 is 0 Å². The molecule has 2 amide bonds. The Labute approximate surface area is 187 Å². The van der Waals surface area contributed by atoms with Gasteiger partial charge in [0.15, 0.2) is 0 Å². The second kappa shape index (κ2) is 8.94. The van der Waals surface area contributed by atoms with Gasteiger partial charge in [0.05, 0.1) is 12.2 Å². The number of carbonyl (C=O) groups excluding carboxylic acids is 2. The Morgan fingerprint density at radius 2 is 1.50 bits per heavy atom. The van der Waals surface area contributed by atoms with E-state index in [1.165, 1.54) is 6.07 Å². The summed E-state index contributed by atoms with van der Waals surface area (Å²) in [6.07, 6.45) is 0. The molecule has 0 saturated carbocycles. The molecular formula is C25H27FN4O2. The van der Waals surface area contributed by atoms with Gasteiger partial charge in [-0.25, -0.2) is 4.39 Å². The van der Waals surface area contributed by atoms with Gasteiger partial charge in [-0.15, -0.1) is 0 Å². The van der Waals surface area contributed by atoms with E-state index in [1.54, 1.807) is 28.9 Å². The Morgan fingerprint density at radius 3 is 2.06 bits per heavy atom. The van der Waals surface area contributed by atoms with Crippen molar-refractivity contribution in [1.29, 1.82) is 0 Å².